The number of esters is 1. The normalized spacial score (nSPS) is 12.2. The fourth-order valence-corrected chi connectivity index (χ4v) is 5.14. The molecule has 0 unspecified atom stereocenters. The summed E-state index contributed by atoms with van der Waals surface area (Å²) in [6.07, 6.45) is 6.65. The zero-order valence-corrected chi connectivity index (χ0v) is 17.4. The lowest BCUT2D eigenvalue weighted by atomic mass is 9.93. The molecule has 0 aromatic carbocycles. The summed E-state index contributed by atoms with van der Waals surface area (Å²) < 4.78 is 15.5. The third kappa shape index (κ3) is 3.88. The van der Waals surface area contributed by atoms with Gasteiger partial charge in [0.25, 0.3) is 5.91 Å². The fraction of sp³-hybridized carbons (Fsp3) is 0.300. The molecule has 0 spiro atoms. The van der Waals surface area contributed by atoms with E-state index < -0.39 is 11.9 Å². The fourth-order valence-electron chi connectivity index (χ4n) is 3.14. The van der Waals surface area contributed by atoms with Crippen LogP contribution in [0.3, 0.4) is 0 Å². The molecule has 0 bridgehead atoms. The van der Waals surface area contributed by atoms with Gasteiger partial charge in [-0.3, -0.25) is 4.79 Å². The Morgan fingerprint density at radius 3 is 2.83 bits per heavy atom. The summed E-state index contributed by atoms with van der Waals surface area (Å²) in [6.45, 7) is 2.41. The van der Waals surface area contributed by atoms with Crippen LogP contribution in [0.5, 0.6) is 10.8 Å². The van der Waals surface area contributed by atoms with Crippen molar-refractivity contribution in [3.05, 3.63) is 46.2 Å². The van der Waals surface area contributed by atoms with E-state index in [4.69, 9.17) is 15.2 Å². The van der Waals surface area contributed by atoms with Crippen molar-refractivity contribution >= 4 is 34.7 Å². The number of carbonyl (C=O) groups is 2. The standard InChI is InChI=1S/C20H19N3O4S2/c1-2-3-8-26-19(25)14-7-5-12(10-22-14)27-20-15-13(17(28-20)18(21)24)6-4-11-9-23-29-16(11)15/h5,7,9-10H,2-4,6,8H2,1H3,(H2,21,24). The first-order valence-corrected chi connectivity index (χ1v) is 10.9. The summed E-state index contributed by atoms with van der Waals surface area (Å²) in [7, 11) is 0. The minimum absolute atomic E-state index is 0.226. The number of ether oxygens (including phenoxy) is 2. The Labute approximate surface area is 175 Å². The number of aryl methyl sites for hydroxylation is 1. The molecule has 3 aromatic heterocycles. The number of hydrogen-bond acceptors (Lipinski definition) is 8. The molecule has 0 fully saturated rings. The van der Waals surface area contributed by atoms with Gasteiger partial charge in [0.05, 0.1) is 28.1 Å². The van der Waals surface area contributed by atoms with Gasteiger partial charge in [-0.25, -0.2) is 14.2 Å². The van der Waals surface area contributed by atoms with Crippen LogP contribution in [0.1, 0.15) is 51.1 Å². The molecule has 1 aliphatic rings. The first-order chi connectivity index (χ1) is 14.1. The first kappa shape index (κ1) is 19.5. The van der Waals surface area contributed by atoms with Crippen LogP contribution >= 0.6 is 22.9 Å². The highest BCUT2D eigenvalue weighted by molar-refractivity contribution is 7.17. The number of primary amides is 1. The molecule has 0 atom stereocenters. The Balaban J connectivity index is 1.59. The molecule has 2 N–H and O–H groups in total. The molecule has 0 radical (unpaired) electrons. The minimum atomic E-state index is -0.461. The van der Waals surface area contributed by atoms with Crippen LogP contribution < -0.4 is 10.5 Å². The summed E-state index contributed by atoms with van der Waals surface area (Å²) in [6, 6.07) is 3.23. The van der Waals surface area contributed by atoms with Crippen LogP contribution in [0.25, 0.3) is 10.4 Å². The van der Waals surface area contributed by atoms with E-state index in [1.165, 1.54) is 29.1 Å². The largest absolute Gasteiger partial charge is 0.461 e. The number of thiophene rings is 1. The molecular formula is C20H19N3O4S2. The molecule has 0 saturated heterocycles. The number of carbonyl (C=O) groups excluding carboxylic acids is 2. The van der Waals surface area contributed by atoms with Crippen LogP contribution in [0.2, 0.25) is 0 Å². The van der Waals surface area contributed by atoms with Crippen molar-refractivity contribution < 1.29 is 19.1 Å². The van der Waals surface area contributed by atoms with E-state index in [-0.39, 0.29) is 5.69 Å². The Kier molecular flexibility index (Phi) is 5.59. The number of rotatable bonds is 7. The van der Waals surface area contributed by atoms with E-state index in [2.05, 4.69) is 9.36 Å². The molecule has 1 aliphatic carbocycles. The molecule has 4 rings (SSSR count). The maximum Gasteiger partial charge on any atom is 0.356 e. The molecule has 7 nitrogen and oxygen atoms in total. The maximum atomic E-state index is 12.0. The second kappa shape index (κ2) is 8.30. The van der Waals surface area contributed by atoms with Crippen molar-refractivity contribution in [1.82, 2.24) is 9.36 Å². The number of fused-ring (bicyclic) bond motifs is 3. The molecule has 3 aromatic rings. The molecule has 3 heterocycles. The second-order valence-corrected chi connectivity index (χ2v) is 8.37. The number of nitrogens with zero attached hydrogens (tertiary/aromatic N) is 2. The monoisotopic (exact) mass is 429 g/mol. The molecule has 29 heavy (non-hydrogen) atoms. The highest BCUT2D eigenvalue weighted by atomic mass is 32.1. The average Bonchev–Trinajstić information content (AvgIpc) is 3.33. The topological polar surface area (TPSA) is 104 Å². The number of nitrogens with two attached hydrogens (primary N) is 1. The van der Waals surface area contributed by atoms with E-state index in [1.807, 2.05) is 13.1 Å². The zero-order valence-electron chi connectivity index (χ0n) is 15.8. The number of hydrogen-bond donors (Lipinski definition) is 1. The maximum absolute atomic E-state index is 12.0. The van der Waals surface area contributed by atoms with Crippen LogP contribution in [-0.2, 0) is 17.6 Å². The molecule has 1 amide bonds. The van der Waals surface area contributed by atoms with Gasteiger partial charge in [0.1, 0.15) is 11.4 Å². The SMILES string of the molecule is CCCCOC(=O)c1ccc(Oc2sc(C(N)=O)c3c2-c2sncc2CC3)cn1. The number of aromatic nitrogens is 2. The molecule has 9 heteroatoms. The summed E-state index contributed by atoms with van der Waals surface area (Å²) in [5.74, 6) is -0.451. The smallest absolute Gasteiger partial charge is 0.356 e. The van der Waals surface area contributed by atoms with Gasteiger partial charge in [-0.1, -0.05) is 24.7 Å². The molecule has 150 valence electrons. The Bertz CT molecular complexity index is 1060. The third-order valence-electron chi connectivity index (χ3n) is 4.60. The minimum Gasteiger partial charge on any atom is -0.461 e. The number of unbranched alkanes of at least 4 members (excludes halogenated alkanes) is 1. The van der Waals surface area contributed by atoms with Gasteiger partial charge in [0, 0.05) is 6.20 Å². The van der Waals surface area contributed by atoms with Gasteiger partial charge in [-0.05, 0) is 54.1 Å². The highest BCUT2D eigenvalue weighted by Crippen LogP contribution is 2.49. The quantitative estimate of drug-likeness (QED) is 0.445. The summed E-state index contributed by atoms with van der Waals surface area (Å²) in [4.78, 5) is 29.6. The third-order valence-corrected chi connectivity index (χ3v) is 6.59. The van der Waals surface area contributed by atoms with Crippen molar-refractivity contribution in [3.8, 4) is 21.3 Å². The Morgan fingerprint density at radius 1 is 1.24 bits per heavy atom. The Hall–Kier alpha value is -2.78. The van der Waals surface area contributed by atoms with Gasteiger partial charge in [0.15, 0.2) is 5.06 Å². The van der Waals surface area contributed by atoms with E-state index >= 15 is 0 Å². The van der Waals surface area contributed by atoms with Crippen molar-refractivity contribution in [1.29, 1.82) is 0 Å². The van der Waals surface area contributed by atoms with Crippen molar-refractivity contribution in [2.45, 2.75) is 32.6 Å². The lowest BCUT2D eigenvalue weighted by Gasteiger charge is -2.14. The number of pyridine rings is 1. The molecule has 0 saturated carbocycles. The van der Waals surface area contributed by atoms with Crippen LogP contribution in [-0.4, -0.2) is 27.8 Å². The summed E-state index contributed by atoms with van der Waals surface area (Å²) in [5, 5.41) is 0.582. The van der Waals surface area contributed by atoms with Gasteiger partial charge >= 0.3 is 5.97 Å². The van der Waals surface area contributed by atoms with E-state index in [0.717, 1.165) is 47.3 Å². The van der Waals surface area contributed by atoms with E-state index in [0.29, 0.717) is 22.3 Å². The van der Waals surface area contributed by atoms with E-state index in [9.17, 15) is 9.59 Å². The van der Waals surface area contributed by atoms with Crippen LogP contribution in [0.15, 0.2) is 24.5 Å². The van der Waals surface area contributed by atoms with Crippen molar-refractivity contribution in [3.63, 3.8) is 0 Å². The first-order valence-electron chi connectivity index (χ1n) is 9.29. The zero-order chi connectivity index (χ0) is 20.4. The van der Waals surface area contributed by atoms with Crippen molar-refractivity contribution in [2.75, 3.05) is 6.61 Å². The van der Waals surface area contributed by atoms with Gasteiger partial charge in [-0.2, -0.15) is 0 Å². The summed E-state index contributed by atoms with van der Waals surface area (Å²) >= 11 is 2.61. The van der Waals surface area contributed by atoms with Gasteiger partial charge < -0.3 is 15.2 Å². The van der Waals surface area contributed by atoms with Gasteiger partial charge in [0.2, 0.25) is 0 Å². The lowest BCUT2D eigenvalue weighted by molar-refractivity contribution is 0.0492. The number of amides is 1. The molecular weight excluding hydrogens is 410 g/mol. The predicted molar refractivity (Wildman–Crippen MR) is 111 cm³/mol. The second-order valence-electron chi connectivity index (χ2n) is 6.59. The average molecular weight is 430 g/mol. The van der Waals surface area contributed by atoms with Gasteiger partial charge in [-0.15, -0.1) is 0 Å². The highest BCUT2D eigenvalue weighted by Gasteiger charge is 2.30. The lowest BCUT2D eigenvalue weighted by Crippen LogP contribution is -2.12. The van der Waals surface area contributed by atoms with Crippen LogP contribution in [0.4, 0.5) is 0 Å². The van der Waals surface area contributed by atoms with E-state index in [1.54, 1.807) is 12.1 Å². The predicted octanol–water partition coefficient (Wildman–Crippen LogP) is 4.21. The summed E-state index contributed by atoms with van der Waals surface area (Å²) in [5.41, 5.74) is 8.75. The molecule has 0 aliphatic heterocycles. The van der Waals surface area contributed by atoms with Crippen LogP contribution in [0, 0.1) is 0 Å². The van der Waals surface area contributed by atoms with Crippen molar-refractivity contribution in [2.24, 2.45) is 5.73 Å². The Morgan fingerprint density at radius 2 is 2.10 bits per heavy atom.